The van der Waals surface area contributed by atoms with Crippen LogP contribution in [0.1, 0.15) is 40.5 Å². The molecular formula is C12H28N2O. The molecule has 0 aromatic rings. The van der Waals surface area contributed by atoms with Crippen LogP contribution in [0.25, 0.3) is 0 Å². The van der Waals surface area contributed by atoms with Crippen LogP contribution in [0, 0.1) is 5.92 Å². The van der Waals surface area contributed by atoms with Crippen LogP contribution in [0.15, 0.2) is 0 Å². The van der Waals surface area contributed by atoms with E-state index in [1.165, 1.54) is 0 Å². The van der Waals surface area contributed by atoms with Gasteiger partial charge < -0.3 is 10.8 Å². The Labute approximate surface area is 94.6 Å². The maximum atomic E-state index is 9.61. The summed E-state index contributed by atoms with van der Waals surface area (Å²) in [6.07, 6.45) is 1.89. The molecule has 0 aromatic carbocycles. The zero-order valence-electron chi connectivity index (χ0n) is 10.7. The fraction of sp³-hybridized carbons (Fsp3) is 1.00. The predicted molar refractivity (Wildman–Crippen MR) is 65.8 cm³/mol. The highest BCUT2D eigenvalue weighted by Crippen LogP contribution is 2.11. The van der Waals surface area contributed by atoms with E-state index in [0.717, 1.165) is 19.4 Å². The largest absolute Gasteiger partial charge is 0.390 e. The minimum Gasteiger partial charge on any atom is -0.390 e. The summed E-state index contributed by atoms with van der Waals surface area (Å²) < 4.78 is 0. The zero-order chi connectivity index (χ0) is 11.8. The van der Waals surface area contributed by atoms with Gasteiger partial charge in [0.25, 0.3) is 0 Å². The van der Waals surface area contributed by atoms with E-state index in [2.05, 4.69) is 32.6 Å². The number of nitrogens with zero attached hydrogens (tertiary/aromatic N) is 1. The molecule has 3 heteroatoms. The van der Waals surface area contributed by atoms with Crippen LogP contribution in [0.3, 0.4) is 0 Å². The summed E-state index contributed by atoms with van der Waals surface area (Å²) in [4.78, 5) is 2.38. The number of aliphatic hydroxyl groups excluding tert-OH is 1. The number of hydrogen-bond donors (Lipinski definition) is 2. The summed E-state index contributed by atoms with van der Waals surface area (Å²) in [5, 5.41) is 9.61. The maximum Gasteiger partial charge on any atom is 0.0789 e. The fourth-order valence-corrected chi connectivity index (χ4v) is 1.99. The Bertz CT molecular complexity index is 147. The van der Waals surface area contributed by atoms with Gasteiger partial charge in [-0.2, -0.15) is 0 Å². The van der Waals surface area contributed by atoms with Crippen molar-refractivity contribution in [3.8, 4) is 0 Å². The van der Waals surface area contributed by atoms with Gasteiger partial charge in [-0.1, -0.05) is 27.7 Å². The molecule has 0 rings (SSSR count). The van der Waals surface area contributed by atoms with Crippen molar-refractivity contribution in [1.82, 2.24) is 4.90 Å². The van der Waals surface area contributed by atoms with E-state index in [-0.39, 0.29) is 6.10 Å². The summed E-state index contributed by atoms with van der Waals surface area (Å²) in [5.41, 5.74) is 5.46. The summed E-state index contributed by atoms with van der Waals surface area (Å²) in [6.45, 7) is 10.9. The first-order valence-electron chi connectivity index (χ1n) is 6.17. The van der Waals surface area contributed by atoms with E-state index in [1.54, 1.807) is 0 Å². The summed E-state index contributed by atoms with van der Waals surface area (Å²) in [5.74, 6) is 0.635. The maximum absolute atomic E-state index is 9.61. The minimum atomic E-state index is -0.385. The van der Waals surface area contributed by atoms with E-state index < -0.39 is 0 Å². The second-order valence-electron chi connectivity index (χ2n) is 4.71. The molecule has 3 nitrogen and oxygen atoms in total. The lowest BCUT2D eigenvalue weighted by molar-refractivity contribution is 0.0798. The summed E-state index contributed by atoms with van der Waals surface area (Å²) >= 11 is 0. The number of aliphatic hydroxyl groups is 1. The molecular weight excluding hydrogens is 188 g/mol. The monoisotopic (exact) mass is 216 g/mol. The van der Waals surface area contributed by atoms with Gasteiger partial charge in [0, 0.05) is 25.7 Å². The molecule has 1 atom stereocenters. The van der Waals surface area contributed by atoms with Crippen LogP contribution < -0.4 is 5.73 Å². The first-order chi connectivity index (χ1) is 7.04. The van der Waals surface area contributed by atoms with Crippen molar-refractivity contribution >= 4 is 0 Å². The van der Waals surface area contributed by atoms with Crippen LogP contribution >= 0.6 is 0 Å². The lowest BCUT2D eigenvalue weighted by Gasteiger charge is -2.33. The van der Waals surface area contributed by atoms with Gasteiger partial charge in [-0.3, -0.25) is 4.90 Å². The highest BCUT2D eigenvalue weighted by Gasteiger charge is 2.18. The summed E-state index contributed by atoms with van der Waals surface area (Å²) in [7, 11) is 0. The van der Waals surface area contributed by atoms with Gasteiger partial charge in [0.15, 0.2) is 0 Å². The predicted octanol–water partition coefficient (Wildman–Crippen LogP) is 1.45. The van der Waals surface area contributed by atoms with Crippen molar-refractivity contribution in [2.45, 2.75) is 52.7 Å². The van der Waals surface area contributed by atoms with E-state index in [4.69, 9.17) is 5.73 Å². The Morgan fingerprint density at radius 1 is 1.13 bits per heavy atom. The molecule has 0 amide bonds. The lowest BCUT2D eigenvalue weighted by Crippen LogP contribution is -2.44. The molecule has 3 N–H and O–H groups in total. The van der Waals surface area contributed by atoms with Crippen molar-refractivity contribution in [2.75, 3.05) is 19.6 Å². The smallest absolute Gasteiger partial charge is 0.0789 e. The molecule has 1 unspecified atom stereocenters. The second-order valence-corrected chi connectivity index (χ2v) is 4.71. The lowest BCUT2D eigenvalue weighted by atomic mass is 10.1. The zero-order valence-corrected chi connectivity index (χ0v) is 10.7. The van der Waals surface area contributed by atoms with E-state index in [9.17, 15) is 5.11 Å². The molecule has 0 aromatic heterocycles. The van der Waals surface area contributed by atoms with Crippen LogP contribution in [0.2, 0.25) is 0 Å². The van der Waals surface area contributed by atoms with Gasteiger partial charge in [-0.15, -0.1) is 0 Å². The Morgan fingerprint density at radius 2 is 1.67 bits per heavy atom. The van der Waals surface area contributed by atoms with Crippen molar-refractivity contribution in [2.24, 2.45) is 11.7 Å². The van der Waals surface area contributed by atoms with Gasteiger partial charge in [0.05, 0.1) is 6.10 Å². The Kier molecular flexibility index (Phi) is 8.02. The average molecular weight is 216 g/mol. The molecule has 0 radical (unpaired) electrons. The molecule has 92 valence electrons. The molecule has 0 bridgehead atoms. The van der Waals surface area contributed by atoms with E-state index in [0.29, 0.717) is 25.0 Å². The Morgan fingerprint density at radius 3 is 2.00 bits per heavy atom. The molecule has 0 spiro atoms. The molecule has 0 heterocycles. The van der Waals surface area contributed by atoms with Gasteiger partial charge in [0.2, 0.25) is 0 Å². The van der Waals surface area contributed by atoms with Crippen molar-refractivity contribution < 1.29 is 5.11 Å². The molecule has 0 fully saturated rings. The third-order valence-corrected chi connectivity index (χ3v) is 2.78. The molecule has 15 heavy (non-hydrogen) atoms. The van der Waals surface area contributed by atoms with Crippen molar-refractivity contribution in [3.63, 3.8) is 0 Å². The molecule has 0 aliphatic rings. The molecule has 0 saturated heterocycles. The third-order valence-electron chi connectivity index (χ3n) is 2.78. The van der Waals surface area contributed by atoms with Gasteiger partial charge in [-0.25, -0.2) is 0 Å². The quantitative estimate of drug-likeness (QED) is 0.646. The van der Waals surface area contributed by atoms with Crippen molar-refractivity contribution in [3.05, 3.63) is 0 Å². The highest BCUT2D eigenvalue weighted by molar-refractivity contribution is 4.73. The topological polar surface area (TPSA) is 49.5 Å². The first kappa shape index (κ1) is 14.9. The third kappa shape index (κ3) is 6.13. The van der Waals surface area contributed by atoms with E-state index in [1.807, 2.05) is 0 Å². The van der Waals surface area contributed by atoms with Gasteiger partial charge in [-0.05, 0) is 18.8 Å². The van der Waals surface area contributed by atoms with E-state index >= 15 is 0 Å². The van der Waals surface area contributed by atoms with Crippen molar-refractivity contribution in [1.29, 1.82) is 0 Å². The SMILES string of the molecule is CCC(CC)N(CC(C)C)CC(O)CN. The van der Waals surface area contributed by atoms with Crippen LogP contribution in [0.4, 0.5) is 0 Å². The average Bonchev–Trinajstić information content (AvgIpc) is 2.18. The van der Waals surface area contributed by atoms with Crippen LogP contribution in [0.5, 0.6) is 0 Å². The van der Waals surface area contributed by atoms with Crippen LogP contribution in [-0.2, 0) is 0 Å². The van der Waals surface area contributed by atoms with Gasteiger partial charge in [0.1, 0.15) is 0 Å². The second kappa shape index (κ2) is 8.08. The van der Waals surface area contributed by atoms with Gasteiger partial charge >= 0.3 is 0 Å². The fourth-order valence-electron chi connectivity index (χ4n) is 1.99. The number of hydrogen-bond acceptors (Lipinski definition) is 3. The Hall–Kier alpha value is -0.120. The first-order valence-corrected chi connectivity index (χ1v) is 6.17. The normalized spacial score (nSPS) is 14.2. The number of rotatable bonds is 8. The number of nitrogens with two attached hydrogens (primary N) is 1. The Balaban J connectivity index is 4.27. The highest BCUT2D eigenvalue weighted by atomic mass is 16.3. The molecule has 0 aliphatic carbocycles. The molecule has 0 saturated carbocycles. The molecule has 0 aliphatic heterocycles. The standard InChI is InChI=1S/C12H28N2O/c1-5-11(6-2)14(8-10(3)4)9-12(15)7-13/h10-12,15H,5-9,13H2,1-4H3. The van der Waals surface area contributed by atoms with Crippen LogP contribution in [-0.4, -0.2) is 41.8 Å². The minimum absolute atomic E-state index is 0.356. The summed E-state index contributed by atoms with van der Waals surface area (Å²) in [6, 6.07) is 0.577.